The molecule has 3 heterocycles. The third-order valence-corrected chi connectivity index (χ3v) is 4.06. The van der Waals surface area contributed by atoms with Crippen molar-refractivity contribution < 1.29 is 9.90 Å². The summed E-state index contributed by atoms with van der Waals surface area (Å²) in [4.78, 5) is 22.9. The van der Waals surface area contributed by atoms with E-state index >= 15 is 0 Å². The van der Waals surface area contributed by atoms with Crippen molar-refractivity contribution in [2.75, 3.05) is 24.6 Å². The number of hydrogen-bond donors (Lipinski definition) is 2. The Kier molecular flexibility index (Phi) is 4.24. The second kappa shape index (κ2) is 6.33. The summed E-state index contributed by atoms with van der Waals surface area (Å²) in [6, 6.07) is 3.34. The van der Waals surface area contributed by atoms with Crippen LogP contribution < -0.4 is 10.2 Å². The summed E-state index contributed by atoms with van der Waals surface area (Å²) < 4.78 is 1.56. The highest BCUT2D eigenvalue weighted by atomic mass is 16.3. The molecular weight excluding hydrogens is 296 g/mol. The number of hydrogen-bond acceptors (Lipinski definition) is 6. The van der Waals surface area contributed by atoms with Crippen LogP contribution in [0.2, 0.25) is 0 Å². The molecule has 2 aromatic rings. The quantitative estimate of drug-likeness (QED) is 0.807. The van der Waals surface area contributed by atoms with Gasteiger partial charge in [-0.3, -0.25) is 9.48 Å². The van der Waals surface area contributed by atoms with Crippen molar-refractivity contribution in [2.45, 2.75) is 13.0 Å². The van der Waals surface area contributed by atoms with Gasteiger partial charge in [0, 0.05) is 45.1 Å². The molecule has 0 radical (unpaired) electrons. The summed E-state index contributed by atoms with van der Waals surface area (Å²) in [7, 11) is 1.74. The molecule has 0 saturated carbocycles. The van der Waals surface area contributed by atoms with Crippen LogP contribution in [0.5, 0.6) is 0 Å². The van der Waals surface area contributed by atoms with Crippen LogP contribution in [0.4, 0.5) is 5.95 Å². The van der Waals surface area contributed by atoms with Crippen LogP contribution in [-0.2, 0) is 7.05 Å². The average molecular weight is 316 g/mol. The highest BCUT2D eigenvalue weighted by Gasteiger charge is 2.35. The van der Waals surface area contributed by atoms with Gasteiger partial charge in [0.2, 0.25) is 5.95 Å². The van der Waals surface area contributed by atoms with Gasteiger partial charge < -0.3 is 15.3 Å². The Morgan fingerprint density at radius 2 is 2.13 bits per heavy atom. The summed E-state index contributed by atoms with van der Waals surface area (Å²) in [5.74, 6) is 0.364. The zero-order chi connectivity index (χ0) is 16.4. The van der Waals surface area contributed by atoms with Gasteiger partial charge in [-0.15, -0.1) is 0 Å². The number of rotatable bonds is 4. The number of amides is 1. The van der Waals surface area contributed by atoms with Crippen LogP contribution in [0.3, 0.4) is 0 Å². The van der Waals surface area contributed by atoms with Crippen molar-refractivity contribution in [3.63, 3.8) is 0 Å². The molecule has 3 rings (SSSR count). The lowest BCUT2D eigenvalue weighted by Gasteiger charge is -2.17. The molecule has 0 aliphatic carbocycles. The topological polar surface area (TPSA) is 96.2 Å². The summed E-state index contributed by atoms with van der Waals surface area (Å²) in [6.45, 7) is 3.02. The number of nitrogens with one attached hydrogen (secondary N) is 1. The second-order valence-electron chi connectivity index (χ2n) is 5.77. The maximum absolute atomic E-state index is 12.4. The number of carbonyl (C=O) groups is 1. The van der Waals surface area contributed by atoms with E-state index in [2.05, 4.69) is 20.4 Å². The van der Waals surface area contributed by atoms with E-state index in [0.29, 0.717) is 24.7 Å². The molecule has 1 fully saturated rings. The minimum absolute atomic E-state index is 0.00129. The van der Waals surface area contributed by atoms with E-state index in [-0.39, 0.29) is 24.5 Å². The monoisotopic (exact) mass is 316 g/mol. The molecule has 8 heteroatoms. The van der Waals surface area contributed by atoms with E-state index in [4.69, 9.17) is 0 Å². The van der Waals surface area contributed by atoms with Gasteiger partial charge in [-0.1, -0.05) is 0 Å². The summed E-state index contributed by atoms with van der Waals surface area (Å²) >= 11 is 0. The van der Waals surface area contributed by atoms with Crippen LogP contribution in [0.15, 0.2) is 24.5 Å². The normalized spacial score (nSPS) is 20.7. The first kappa shape index (κ1) is 15.4. The maximum atomic E-state index is 12.4. The number of anilines is 1. The fraction of sp³-hybridized carbons (Fsp3) is 0.467. The zero-order valence-electron chi connectivity index (χ0n) is 13.2. The third kappa shape index (κ3) is 3.16. The van der Waals surface area contributed by atoms with Crippen molar-refractivity contribution in [3.05, 3.63) is 35.9 Å². The first-order valence-electron chi connectivity index (χ1n) is 7.53. The van der Waals surface area contributed by atoms with E-state index in [0.717, 1.165) is 5.69 Å². The number of aliphatic hydroxyl groups excluding tert-OH is 1. The van der Waals surface area contributed by atoms with Crippen LogP contribution in [0.25, 0.3) is 0 Å². The lowest BCUT2D eigenvalue weighted by Crippen LogP contribution is -2.42. The molecule has 1 aliphatic heterocycles. The molecule has 0 spiro atoms. The van der Waals surface area contributed by atoms with Crippen molar-refractivity contribution in [2.24, 2.45) is 13.0 Å². The predicted molar refractivity (Wildman–Crippen MR) is 84.0 cm³/mol. The maximum Gasteiger partial charge on any atom is 0.269 e. The van der Waals surface area contributed by atoms with Gasteiger partial charge in [0.25, 0.3) is 5.91 Å². The van der Waals surface area contributed by atoms with Crippen molar-refractivity contribution >= 4 is 11.9 Å². The molecule has 1 saturated heterocycles. The molecule has 122 valence electrons. The first-order chi connectivity index (χ1) is 11.1. The van der Waals surface area contributed by atoms with E-state index in [1.807, 2.05) is 11.8 Å². The predicted octanol–water partition coefficient (Wildman–Crippen LogP) is -0.254. The lowest BCUT2D eigenvalue weighted by atomic mass is 10.1. The van der Waals surface area contributed by atoms with Crippen molar-refractivity contribution in [1.82, 2.24) is 25.1 Å². The highest BCUT2D eigenvalue weighted by molar-refractivity contribution is 5.93. The average Bonchev–Trinajstić information content (AvgIpc) is 3.11. The van der Waals surface area contributed by atoms with Gasteiger partial charge >= 0.3 is 0 Å². The molecular formula is C15H20N6O2. The first-order valence-corrected chi connectivity index (χ1v) is 7.53. The summed E-state index contributed by atoms with van der Waals surface area (Å²) in [5.41, 5.74) is 1.30. The molecule has 2 aromatic heterocycles. The van der Waals surface area contributed by atoms with Gasteiger partial charge in [-0.2, -0.15) is 5.10 Å². The molecule has 1 aliphatic rings. The van der Waals surface area contributed by atoms with Crippen LogP contribution >= 0.6 is 0 Å². The molecule has 0 unspecified atom stereocenters. The van der Waals surface area contributed by atoms with E-state index in [9.17, 15) is 9.90 Å². The van der Waals surface area contributed by atoms with Crippen molar-refractivity contribution in [3.8, 4) is 0 Å². The van der Waals surface area contributed by atoms with E-state index in [1.165, 1.54) is 0 Å². The third-order valence-electron chi connectivity index (χ3n) is 4.06. The minimum atomic E-state index is -0.188. The fourth-order valence-corrected chi connectivity index (χ4v) is 2.90. The van der Waals surface area contributed by atoms with Crippen LogP contribution in [0.1, 0.15) is 16.2 Å². The smallest absolute Gasteiger partial charge is 0.269 e. The molecule has 2 atom stereocenters. The van der Waals surface area contributed by atoms with E-state index in [1.54, 1.807) is 36.3 Å². The molecule has 0 aromatic carbocycles. The molecule has 8 nitrogen and oxygen atoms in total. The lowest BCUT2D eigenvalue weighted by molar-refractivity contribution is 0.0912. The Labute approximate surface area is 134 Å². The van der Waals surface area contributed by atoms with Gasteiger partial charge in [0.1, 0.15) is 5.69 Å². The summed E-state index contributed by atoms with van der Waals surface area (Å²) in [5, 5.41) is 16.8. The van der Waals surface area contributed by atoms with Crippen LogP contribution in [-0.4, -0.2) is 56.5 Å². The van der Waals surface area contributed by atoms with Gasteiger partial charge in [-0.05, 0) is 19.1 Å². The van der Waals surface area contributed by atoms with Gasteiger partial charge in [0.15, 0.2) is 0 Å². The Bertz CT molecular complexity index is 687. The number of aliphatic hydroxyl groups is 1. The SMILES string of the molecule is Cc1cc(C(=O)N[C@@H]2CN(c3ncccn3)C[C@H]2CO)n(C)n1. The standard InChI is InChI=1S/C15H20N6O2/c1-10-6-13(20(2)19-10)14(23)18-12-8-21(7-11(12)9-22)15-16-4-3-5-17-15/h3-6,11-12,22H,7-9H2,1-2H3,(H,18,23)/t11-,12+/m0/s1. The number of aryl methyl sites for hydroxylation is 2. The largest absolute Gasteiger partial charge is 0.396 e. The van der Waals surface area contributed by atoms with Crippen molar-refractivity contribution in [1.29, 1.82) is 0 Å². The number of carbonyl (C=O) groups excluding carboxylic acids is 1. The Morgan fingerprint density at radius 3 is 2.74 bits per heavy atom. The van der Waals surface area contributed by atoms with Gasteiger partial charge in [-0.25, -0.2) is 9.97 Å². The Hall–Kier alpha value is -2.48. The minimum Gasteiger partial charge on any atom is -0.396 e. The molecule has 23 heavy (non-hydrogen) atoms. The van der Waals surface area contributed by atoms with E-state index < -0.39 is 0 Å². The second-order valence-corrected chi connectivity index (χ2v) is 5.77. The molecule has 2 N–H and O–H groups in total. The van der Waals surface area contributed by atoms with Gasteiger partial charge in [0.05, 0.1) is 11.7 Å². The fourth-order valence-electron chi connectivity index (χ4n) is 2.90. The Morgan fingerprint density at radius 1 is 1.39 bits per heavy atom. The molecule has 0 bridgehead atoms. The molecule has 1 amide bonds. The number of aromatic nitrogens is 4. The van der Waals surface area contributed by atoms with Crippen LogP contribution in [0, 0.1) is 12.8 Å². The zero-order valence-corrected chi connectivity index (χ0v) is 13.2. The number of nitrogens with zero attached hydrogens (tertiary/aromatic N) is 5. The Balaban J connectivity index is 1.72. The highest BCUT2D eigenvalue weighted by Crippen LogP contribution is 2.21. The summed E-state index contributed by atoms with van der Waals surface area (Å²) in [6.07, 6.45) is 3.36.